The molecular formula is C24H26F2N6O3. The number of amides is 2. The zero-order valence-electron chi connectivity index (χ0n) is 19.4. The monoisotopic (exact) mass is 484 g/mol. The molecule has 2 amide bonds. The Balaban J connectivity index is 1.29. The number of fused-ring (bicyclic) bond motifs is 3. The Morgan fingerprint density at radius 1 is 1.11 bits per heavy atom. The Kier molecular flexibility index (Phi) is 5.74. The highest BCUT2D eigenvalue weighted by Crippen LogP contribution is 2.37. The largest absolute Gasteiger partial charge is 0.381 e. The van der Waals surface area contributed by atoms with E-state index in [0.29, 0.717) is 23.7 Å². The summed E-state index contributed by atoms with van der Waals surface area (Å²) >= 11 is 0. The number of para-hydroxylation sites is 1. The molecule has 184 valence electrons. The number of carbonyl (C=O) groups excluding carboxylic acids is 2. The van der Waals surface area contributed by atoms with Gasteiger partial charge in [-0.15, -0.1) is 0 Å². The first kappa shape index (κ1) is 23.3. The molecule has 0 aliphatic carbocycles. The number of rotatable bonds is 5. The van der Waals surface area contributed by atoms with Crippen molar-refractivity contribution in [2.24, 2.45) is 0 Å². The van der Waals surface area contributed by atoms with E-state index in [1.54, 1.807) is 29.2 Å². The van der Waals surface area contributed by atoms with E-state index >= 15 is 0 Å². The quantitative estimate of drug-likeness (QED) is 0.576. The van der Waals surface area contributed by atoms with Crippen LogP contribution in [0.5, 0.6) is 0 Å². The molecule has 2 N–H and O–H groups in total. The highest BCUT2D eigenvalue weighted by Gasteiger charge is 2.46. The molecule has 2 aliphatic rings. The van der Waals surface area contributed by atoms with Crippen LogP contribution in [-0.2, 0) is 4.79 Å². The SMILES string of the molecule is CC(C)(O)C(=O)N1[C@H]2CC[C@H]1CC(NC(=O)c1cnc(-n3nc(C(F)F)c4ccccc43)nc1)C2. The van der Waals surface area contributed by atoms with Crippen molar-refractivity contribution in [3.05, 3.63) is 47.9 Å². The summed E-state index contributed by atoms with van der Waals surface area (Å²) in [6.45, 7) is 2.99. The Bertz CT molecular complexity index is 1260. The van der Waals surface area contributed by atoms with Gasteiger partial charge in [0.25, 0.3) is 24.2 Å². The molecule has 9 nitrogen and oxygen atoms in total. The van der Waals surface area contributed by atoms with Gasteiger partial charge in [0.15, 0.2) is 0 Å². The van der Waals surface area contributed by atoms with Gasteiger partial charge in [-0.1, -0.05) is 18.2 Å². The van der Waals surface area contributed by atoms with Crippen LogP contribution in [0, 0.1) is 0 Å². The molecule has 0 unspecified atom stereocenters. The van der Waals surface area contributed by atoms with E-state index in [1.807, 2.05) is 0 Å². The van der Waals surface area contributed by atoms with Gasteiger partial charge < -0.3 is 15.3 Å². The van der Waals surface area contributed by atoms with Crippen LogP contribution in [0.15, 0.2) is 36.7 Å². The van der Waals surface area contributed by atoms with E-state index in [-0.39, 0.29) is 47.1 Å². The Hall–Kier alpha value is -3.47. The number of hydrogen-bond donors (Lipinski definition) is 2. The summed E-state index contributed by atoms with van der Waals surface area (Å²) in [4.78, 5) is 35.6. The Morgan fingerprint density at radius 3 is 2.34 bits per heavy atom. The fourth-order valence-corrected chi connectivity index (χ4v) is 5.16. The van der Waals surface area contributed by atoms with Crippen molar-refractivity contribution in [2.45, 2.75) is 69.7 Å². The minimum absolute atomic E-state index is 0.0197. The zero-order valence-corrected chi connectivity index (χ0v) is 19.4. The van der Waals surface area contributed by atoms with E-state index in [2.05, 4.69) is 20.4 Å². The van der Waals surface area contributed by atoms with Crippen LogP contribution in [0.1, 0.15) is 62.0 Å². The number of hydrogen-bond acceptors (Lipinski definition) is 6. The average molecular weight is 485 g/mol. The zero-order chi connectivity index (χ0) is 24.9. The summed E-state index contributed by atoms with van der Waals surface area (Å²) < 4.78 is 28.0. The standard InChI is InChI=1S/C24H26F2N6O3/c1-24(2,35)22(34)31-15-7-8-16(31)10-14(9-15)29-21(33)13-11-27-23(28-12-13)32-18-6-4-3-5-17(18)19(30-32)20(25)26/h3-6,11-12,14-16,20,35H,7-10H2,1-2H3,(H,29,33)/t15-,16-/m0/s1. The van der Waals surface area contributed by atoms with Gasteiger partial charge in [-0.2, -0.15) is 9.78 Å². The van der Waals surface area contributed by atoms with Gasteiger partial charge in [0.2, 0.25) is 0 Å². The van der Waals surface area contributed by atoms with Crippen molar-refractivity contribution >= 4 is 22.7 Å². The smallest absolute Gasteiger partial charge is 0.282 e. The second-order valence-electron chi connectivity index (χ2n) is 9.68. The molecule has 2 saturated heterocycles. The molecule has 2 bridgehead atoms. The fourth-order valence-electron chi connectivity index (χ4n) is 5.16. The normalized spacial score (nSPS) is 22.1. The van der Waals surface area contributed by atoms with Crippen LogP contribution < -0.4 is 5.32 Å². The van der Waals surface area contributed by atoms with E-state index in [0.717, 1.165) is 12.8 Å². The van der Waals surface area contributed by atoms with E-state index < -0.39 is 12.0 Å². The molecule has 2 aliphatic heterocycles. The number of carbonyl (C=O) groups is 2. The molecule has 4 heterocycles. The molecule has 5 rings (SSSR count). The lowest BCUT2D eigenvalue weighted by Crippen LogP contribution is -2.56. The van der Waals surface area contributed by atoms with Crippen LogP contribution in [0.2, 0.25) is 0 Å². The number of nitrogens with one attached hydrogen (secondary N) is 1. The number of alkyl halides is 2. The molecule has 0 radical (unpaired) electrons. The van der Waals surface area contributed by atoms with Crippen LogP contribution in [0.25, 0.3) is 16.9 Å². The highest BCUT2D eigenvalue weighted by molar-refractivity contribution is 5.94. The third-order valence-electron chi connectivity index (χ3n) is 6.74. The minimum Gasteiger partial charge on any atom is -0.381 e. The summed E-state index contributed by atoms with van der Waals surface area (Å²) in [5.74, 6) is -0.539. The summed E-state index contributed by atoms with van der Waals surface area (Å²) in [6, 6.07) is 6.44. The van der Waals surface area contributed by atoms with E-state index in [1.165, 1.54) is 30.9 Å². The molecule has 35 heavy (non-hydrogen) atoms. The first-order valence-corrected chi connectivity index (χ1v) is 11.6. The van der Waals surface area contributed by atoms with Gasteiger partial charge in [0.1, 0.15) is 11.3 Å². The summed E-state index contributed by atoms with van der Waals surface area (Å²) in [5.41, 5.74) is -1.09. The summed E-state index contributed by atoms with van der Waals surface area (Å²) in [6.07, 6.45) is 2.85. The van der Waals surface area contributed by atoms with Crippen LogP contribution in [0.3, 0.4) is 0 Å². The van der Waals surface area contributed by atoms with Gasteiger partial charge >= 0.3 is 0 Å². The van der Waals surface area contributed by atoms with Crippen LogP contribution in [-0.4, -0.2) is 65.3 Å². The number of benzene rings is 1. The van der Waals surface area contributed by atoms with Gasteiger partial charge in [0, 0.05) is 35.9 Å². The molecule has 0 spiro atoms. The van der Waals surface area contributed by atoms with Gasteiger partial charge in [-0.25, -0.2) is 18.7 Å². The molecule has 0 saturated carbocycles. The third kappa shape index (κ3) is 4.24. The van der Waals surface area contributed by atoms with Crippen molar-refractivity contribution in [1.82, 2.24) is 30.0 Å². The predicted octanol–water partition coefficient (Wildman–Crippen LogP) is 2.78. The minimum atomic E-state index is -2.74. The first-order chi connectivity index (χ1) is 16.6. The first-order valence-electron chi connectivity index (χ1n) is 11.6. The van der Waals surface area contributed by atoms with E-state index in [4.69, 9.17) is 0 Å². The van der Waals surface area contributed by atoms with Crippen molar-refractivity contribution in [3.8, 4) is 5.95 Å². The predicted molar refractivity (Wildman–Crippen MR) is 122 cm³/mol. The number of aliphatic hydroxyl groups is 1. The van der Waals surface area contributed by atoms with Gasteiger partial charge in [-0.3, -0.25) is 9.59 Å². The fraction of sp³-hybridized carbons (Fsp3) is 0.458. The molecule has 1 aromatic carbocycles. The molecule has 11 heteroatoms. The lowest BCUT2D eigenvalue weighted by Gasteiger charge is -2.41. The molecule has 2 aromatic heterocycles. The number of halogens is 2. The lowest BCUT2D eigenvalue weighted by atomic mass is 9.94. The second-order valence-corrected chi connectivity index (χ2v) is 9.68. The highest BCUT2D eigenvalue weighted by atomic mass is 19.3. The lowest BCUT2D eigenvalue weighted by molar-refractivity contribution is -0.152. The molecule has 3 aromatic rings. The number of piperidine rings is 1. The molecule has 2 atom stereocenters. The maximum Gasteiger partial charge on any atom is 0.282 e. The van der Waals surface area contributed by atoms with Crippen molar-refractivity contribution < 1.29 is 23.5 Å². The maximum absolute atomic E-state index is 13.4. The Labute approximate surface area is 200 Å². The maximum atomic E-state index is 13.4. The summed E-state index contributed by atoms with van der Waals surface area (Å²) in [7, 11) is 0. The van der Waals surface area contributed by atoms with Crippen LogP contribution in [0.4, 0.5) is 8.78 Å². The Morgan fingerprint density at radius 2 is 1.74 bits per heavy atom. The van der Waals surface area contributed by atoms with Crippen LogP contribution >= 0.6 is 0 Å². The topological polar surface area (TPSA) is 113 Å². The molecule has 2 fully saturated rings. The van der Waals surface area contributed by atoms with E-state index in [9.17, 15) is 23.5 Å². The van der Waals surface area contributed by atoms with Crippen molar-refractivity contribution in [3.63, 3.8) is 0 Å². The second kappa shape index (κ2) is 8.63. The molecular weight excluding hydrogens is 458 g/mol. The third-order valence-corrected chi connectivity index (χ3v) is 6.74. The summed E-state index contributed by atoms with van der Waals surface area (Å²) in [5, 5.41) is 17.4. The average Bonchev–Trinajstić information content (AvgIpc) is 3.33. The van der Waals surface area contributed by atoms with Gasteiger partial charge in [0.05, 0.1) is 11.1 Å². The number of aromatic nitrogens is 4. The van der Waals surface area contributed by atoms with Crippen molar-refractivity contribution in [2.75, 3.05) is 0 Å². The van der Waals surface area contributed by atoms with Crippen molar-refractivity contribution in [1.29, 1.82) is 0 Å². The van der Waals surface area contributed by atoms with Gasteiger partial charge in [-0.05, 0) is 45.6 Å². The number of nitrogens with zero attached hydrogens (tertiary/aromatic N) is 5.